The number of aliphatic hydroxyl groups is 1. The van der Waals surface area contributed by atoms with Crippen molar-refractivity contribution in [3.63, 3.8) is 0 Å². The molecule has 0 aliphatic carbocycles. The second kappa shape index (κ2) is 5.59. The van der Waals surface area contributed by atoms with Crippen LogP contribution in [0, 0.1) is 5.82 Å². The molecule has 118 valence electrons. The Hall–Kier alpha value is -1.12. The van der Waals surface area contributed by atoms with Crippen LogP contribution in [-0.4, -0.2) is 28.5 Å². The van der Waals surface area contributed by atoms with Gasteiger partial charge in [-0.2, -0.15) is 13.2 Å². The summed E-state index contributed by atoms with van der Waals surface area (Å²) in [5.41, 5.74) is -5.11. The molecule has 0 atom stereocenters. The maximum Gasteiger partial charge on any atom is 0.492 e. The summed E-state index contributed by atoms with van der Waals surface area (Å²) in [7, 11) is -2.03. The topological polar surface area (TPSA) is 49.7 Å². The Kier molecular flexibility index (Phi) is 4.77. The minimum absolute atomic E-state index is 0.653. The molecule has 8 heteroatoms. The third kappa shape index (κ3) is 3.96. The molecule has 0 saturated heterocycles. The molecule has 0 amide bonds. The van der Waals surface area contributed by atoms with Crippen molar-refractivity contribution < 1.29 is 32.3 Å². The van der Waals surface area contributed by atoms with Gasteiger partial charge in [-0.25, -0.2) is 4.39 Å². The van der Waals surface area contributed by atoms with Gasteiger partial charge in [0.05, 0.1) is 16.8 Å². The lowest BCUT2D eigenvalue weighted by molar-refractivity contribution is -0.139. The maximum absolute atomic E-state index is 13.4. The molecule has 2 N–H and O–H groups in total. The van der Waals surface area contributed by atoms with Crippen molar-refractivity contribution >= 4 is 12.6 Å². The number of alkyl halides is 3. The smallest absolute Gasteiger partial charge is 0.423 e. The molecule has 0 bridgehead atoms. The van der Waals surface area contributed by atoms with Gasteiger partial charge in [0.25, 0.3) is 0 Å². The van der Waals surface area contributed by atoms with Crippen molar-refractivity contribution in [1.82, 2.24) is 0 Å². The second-order valence-electron chi connectivity index (χ2n) is 5.74. The molecule has 21 heavy (non-hydrogen) atoms. The summed E-state index contributed by atoms with van der Waals surface area (Å²) >= 11 is 0. The molecule has 0 unspecified atom stereocenters. The summed E-state index contributed by atoms with van der Waals surface area (Å²) in [5, 5.41) is 19.8. The van der Waals surface area contributed by atoms with Crippen LogP contribution in [0.5, 0.6) is 0 Å². The molecule has 0 spiro atoms. The van der Waals surface area contributed by atoms with Gasteiger partial charge in [-0.1, -0.05) is 12.1 Å². The van der Waals surface area contributed by atoms with Crippen LogP contribution in [0.3, 0.4) is 0 Å². The molecule has 3 nitrogen and oxygen atoms in total. The summed E-state index contributed by atoms with van der Waals surface area (Å²) in [6.07, 6.45) is -4.97. The Balaban J connectivity index is 3.21. The van der Waals surface area contributed by atoms with E-state index in [0.717, 1.165) is 12.1 Å². The first-order valence-electron chi connectivity index (χ1n) is 6.21. The molecule has 0 fully saturated rings. The third-order valence-corrected chi connectivity index (χ3v) is 3.47. The van der Waals surface area contributed by atoms with E-state index in [1.807, 2.05) is 0 Å². The van der Waals surface area contributed by atoms with E-state index in [9.17, 15) is 27.7 Å². The zero-order chi connectivity index (χ0) is 16.6. The van der Waals surface area contributed by atoms with E-state index >= 15 is 0 Å². The van der Waals surface area contributed by atoms with Gasteiger partial charge in [0.2, 0.25) is 0 Å². The van der Waals surface area contributed by atoms with Gasteiger partial charge in [-0.15, -0.1) is 0 Å². The quantitative estimate of drug-likeness (QED) is 0.661. The second-order valence-corrected chi connectivity index (χ2v) is 5.74. The molecule has 0 aliphatic rings. The first-order valence-corrected chi connectivity index (χ1v) is 6.21. The lowest BCUT2D eigenvalue weighted by atomic mass is 9.74. The largest absolute Gasteiger partial charge is 0.492 e. The highest BCUT2D eigenvalue weighted by molar-refractivity contribution is 6.60. The Bertz CT molecular complexity index is 509. The zero-order valence-electron chi connectivity index (χ0n) is 12.1. The average molecular weight is 308 g/mol. The van der Waals surface area contributed by atoms with Crippen LogP contribution in [0.25, 0.3) is 0 Å². The number of rotatable bonds is 4. The fourth-order valence-corrected chi connectivity index (χ4v) is 1.53. The third-order valence-electron chi connectivity index (χ3n) is 3.47. The minimum Gasteiger partial charge on any atom is -0.423 e. The lowest BCUT2D eigenvalue weighted by Gasteiger charge is -2.38. The maximum atomic E-state index is 13.4. The summed E-state index contributed by atoms with van der Waals surface area (Å²) < 4.78 is 57.2. The SMILES string of the molecule is CC(C)(O)C(C)(C)OB(O)c1cccc(F)c1C(F)(F)F. The molecule has 0 heterocycles. The summed E-state index contributed by atoms with van der Waals surface area (Å²) in [6, 6.07) is 2.63. The molecule has 1 aromatic carbocycles. The normalized spacial score (nSPS) is 13.4. The zero-order valence-corrected chi connectivity index (χ0v) is 12.1. The number of hydrogen-bond donors (Lipinski definition) is 2. The molecule has 0 radical (unpaired) electrons. The van der Waals surface area contributed by atoms with Crippen molar-refractivity contribution in [3.05, 3.63) is 29.6 Å². The molecule has 0 aliphatic heterocycles. The van der Waals surface area contributed by atoms with E-state index in [4.69, 9.17) is 4.65 Å². The van der Waals surface area contributed by atoms with Gasteiger partial charge in [0, 0.05) is 0 Å². The first-order chi connectivity index (χ1) is 9.27. The number of benzene rings is 1. The molecular weight excluding hydrogens is 291 g/mol. The van der Waals surface area contributed by atoms with E-state index in [1.165, 1.54) is 27.7 Å². The van der Waals surface area contributed by atoms with E-state index < -0.39 is 41.3 Å². The van der Waals surface area contributed by atoms with E-state index in [1.54, 1.807) is 0 Å². The van der Waals surface area contributed by atoms with E-state index in [-0.39, 0.29) is 0 Å². The predicted molar refractivity (Wildman–Crippen MR) is 70.5 cm³/mol. The average Bonchev–Trinajstić information content (AvgIpc) is 2.24. The lowest BCUT2D eigenvalue weighted by Crippen LogP contribution is -2.54. The van der Waals surface area contributed by atoms with Crippen LogP contribution >= 0.6 is 0 Å². The summed E-state index contributed by atoms with van der Waals surface area (Å²) in [4.78, 5) is 0. The van der Waals surface area contributed by atoms with Crippen LogP contribution in [0.15, 0.2) is 18.2 Å². The fourth-order valence-electron chi connectivity index (χ4n) is 1.53. The van der Waals surface area contributed by atoms with Gasteiger partial charge in [0.15, 0.2) is 0 Å². The van der Waals surface area contributed by atoms with Gasteiger partial charge in [0.1, 0.15) is 5.82 Å². The molecular formula is C13H17BF4O3. The highest BCUT2D eigenvalue weighted by Gasteiger charge is 2.44. The van der Waals surface area contributed by atoms with Crippen LogP contribution in [0.4, 0.5) is 17.6 Å². The number of hydrogen-bond acceptors (Lipinski definition) is 3. The van der Waals surface area contributed by atoms with Crippen molar-refractivity contribution in [2.75, 3.05) is 0 Å². The Morgan fingerprint density at radius 2 is 1.62 bits per heavy atom. The van der Waals surface area contributed by atoms with Crippen LogP contribution in [-0.2, 0) is 10.8 Å². The summed E-state index contributed by atoms with van der Waals surface area (Å²) in [5.74, 6) is -1.50. The van der Waals surface area contributed by atoms with Gasteiger partial charge < -0.3 is 14.8 Å². The standard InChI is InChI=1S/C13H17BF4O3/c1-11(2,19)12(3,4)21-14(20)8-6-5-7-9(15)10(8)13(16,17)18/h5-7,19-20H,1-4H3. The molecule has 0 saturated carbocycles. The monoisotopic (exact) mass is 308 g/mol. The van der Waals surface area contributed by atoms with Gasteiger partial charge in [-0.3, -0.25) is 0 Å². The Morgan fingerprint density at radius 3 is 2.05 bits per heavy atom. The molecule has 0 aromatic heterocycles. The van der Waals surface area contributed by atoms with Gasteiger partial charge >= 0.3 is 13.3 Å². The summed E-state index contributed by atoms with van der Waals surface area (Å²) in [6.45, 7) is 5.58. The van der Waals surface area contributed by atoms with Crippen molar-refractivity contribution in [3.8, 4) is 0 Å². The highest BCUT2D eigenvalue weighted by Crippen LogP contribution is 2.31. The van der Waals surface area contributed by atoms with Gasteiger partial charge in [-0.05, 0) is 39.2 Å². The number of halogens is 4. The minimum atomic E-state index is -4.97. The molecule has 1 rings (SSSR count). The predicted octanol–water partition coefficient (Wildman–Crippen LogP) is 2.10. The molecule has 1 aromatic rings. The van der Waals surface area contributed by atoms with E-state index in [2.05, 4.69) is 0 Å². The van der Waals surface area contributed by atoms with Crippen LogP contribution < -0.4 is 5.46 Å². The van der Waals surface area contributed by atoms with Crippen molar-refractivity contribution in [1.29, 1.82) is 0 Å². The van der Waals surface area contributed by atoms with Crippen LogP contribution in [0.2, 0.25) is 0 Å². The van der Waals surface area contributed by atoms with Crippen molar-refractivity contribution in [2.24, 2.45) is 0 Å². The Labute approximate surface area is 120 Å². The Morgan fingerprint density at radius 1 is 1.10 bits per heavy atom. The highest BCUT2D eigenvalue weighted by atomic mass is 19.4. The van der Waals surface area contributed by atoms with Crippen LogP contribution in [0.1, 0.15) is 33.3 Å². The first kappa shape index (κ1) is 17.9. The van der Waals surface area contributed by atoms with Crippen molar-refractivity contribution in [2.45, 2.75) is 45.1 Å². The fraction of sp³-hybridized carbons (Fsp3) is 0.538. The van der Waals surface area contributed by atoms with E-state index in [0.29, 0.717) is 6.07 Å².